The highest BCUT2D eigenvalue weighted by molar-refractivity contribution is 6.33. The van der Waals surface area contributed by atoms with Crippen LogP contribution < -0.4 is 9.47 Å². The fraction of sp³-hybridized carbons (Fsp3) is 0.0714. The molecule has 5 heteroatoms. The van der Waals surface area contributed by atoms with Gasteiger partial charge in [-0.15, -0.1) is 0 Å². The number of benzene rings is 2. The molecule has 2 aromatic carbocycles. The zero-order valence-electron chi connectivity index (χ0n) is 9.72. The van der Waals surface area contributed by atoms with E-state index >= 15 is 0 Å². The van der Waals surface area contributed by atoms with E-state index < -0.39 is 0 Å². The van der Waals surface area contributed by atoms with Crippen molar-refractivity contribution in [1.82, 2.24) is 4.98 Å². The zero-order valence-corrected chi connectivity index (χ0v) is 10.5. The number of hydrogen-bond donors (Lipinski definition) is 0. The molecule has 2 heterocycles. The number of oxazole rings is 1. The summed E-state index contributed by atoms with van der Waals surface area (Å²) in [6, 6.07) is 11.0. The largest absolute Gasteiger partial charge is 0.454 e. The number of aromatic nitrogens is 1. The first-order chi connectivity index (χ1) is 9.31. The second-order valence-electron chi connectivity index (χ2n) is 4.17. The lowest BCUT2D eigenvalue weighted by Gasteiger charge is -1.96. The molecule has 4 rings (SSSR count). The number of nitrogens with zero attached hydrogens (tertiary/aromatic N) is 1. The van der Waals surface area contributed by atoms with Gasteiger partial charge in [-0.25, -0.2) is 4.98 Å². The highest BCUT2D eigenvalue weighted by Crippen LogP contribution is 2.38. The van der Waals surface area contributed by atoms with Gasteiger partial charge < -0.3 is 13.9 Å². The maximum atomic E-state index is 6.14. The van der Waals surface area contributed by atoms with Crippen LogP contribution in [0.5, 0.6) is 11.5 Å². The van der Waals surface area contributed by atoms with Gasteiger partial charge in [0.25, 0.3) is 0 Å². The maximum Gasteiger partial charge on any atom is 0.231 e. The Balaban J connectivity index is 1.91. The summed E-state index contributed by atoms with van der Waals surface area (Å²) in [7, 11) is 0. The van der Waals surface area contributed by atoms with Gasteiger partial charge in [0, 0.05) is 12.1 Å². The van der Waals surface area contributed by atoms with Crippen molar-refractivity contribution in [3.8, 4) is 23.0 Å². The second kappa shape index (κ2) is 3.90. The monoisotopic (exact) mass is 273 g/mol. The molecule has 0 saturated heterocycles. The Bertz CT molecular complexity index is 740. The van der Waals surface area contributed by atoms with Gasteiger partial charge in [0.15, 0.2) is 17.1 Å². The zero-order chi connectivity index (χ0) is 12.8. The van der Waals surface area contributed by atoms with E-state index in [0.29, 0.717) is 28.0 Å². The number of hydrogen-bond acceptors (Lipinski definition) is 4. The van der Waals surface area contributed by atoms with Gasteiger partial charge in [0.1, 0.15) is 5.52 Å². The van der Waals surface area contributed by atoms with Crippen LogP contribution in [0.15, 0.2) is 40.8 Å². The molecule has 0 aliphatic carbocycles. The predicted octanol–water partition coefficient (Wildman–Crippen LogP) is 3.88. The summed E-state index contributed by atoms with van der Waals surface area (Å²) in [5.74, 6) is 1.85. The van der Waals surface area contributed by atoms with Gasteiger partial charge in [-0.3, -0.25) is 0 Å². The van der Waals surface area contributed by atoms with Crippen LogP contribution in [0, 0.1) is 0 Å². The third kappa shape index (κ3) is 1.64. The molecule has 0 atom stereocenters. The van der Waals surface area contributed by atoms with Gasteiger partial charge in [-0.05, 0) is 12.1 Å². The molecule has 0 N–H and O–H groups in total. The minimum Gasteiger partial charge on any atom is -0.454 e. The lowest BCUT2D eigenvalue weighted by atomic mass is 10.2. The molecule has 4 nitrogen and oxygen atoms in total. The van der Waals surface area contributed by atoms with Crippen molar-refractivity contribution in [3.63, 3.8) is 0 Å². The average molecular weight is 274 g/mol. The molecule has 0 fully saturated rings. The normalized spacial score (nSPS) is 13.1. The molecule has 0 unspecified atom stereocenters. The summed E-state index contributed by atoms with van der Waals surface area (Å²) in [5.41, 5.74) is 2.14. The molecule has 0 radical (unpaired) electrons. The third-order valence-corrected chi connectivity index (χ3v) is 3.32. The van der Waals surface area contributed by atoms with Crippen LogP contribution in [-0.2, 0) is 0 Å². The first kappa shape index (κ1) is 10.7. The van der Waals surface area contributed by atoms with E-state index in [9.17, 15) is 0 Å². The summed E-state index contributed by atoms with van der Waals surface area (Å²) in [6.07, 6.45) is 0. The van der Waals surface area contributed by atoms with Gasteiger partial charge in [0.05, 0.1) is 10.6 Å². The molecule has 1 aromatic heterocycles. The standard InChI is InChI=1S/C14H8ClNO3/c15-9-4-2-1-3-8(9)14-16-10-5-12-13(18-7-17-12)6-11(10)19-14/h1-6H,7H2. The number of rotatable bonds is 1. The van der Waals surface area contributed by atoms with Gasteiger partial charge in [-0.1, -0.05) is 23.7 Å². The molecule has 1 aliphatic heterocycles. The summed E-state index contributed by atoms with van der Waals surface area (Å²) in [4.78, 5) is 4.43. The van der Waals surface area contributed by atoms with Crippen molar-refractivity contribution < 1.29 is 13.9 Å². The Morgan fingerprint density at radius 1 is 1.05 bits per heavy atom. The number of halogens is 1. The molecule has 3 aromatic rings. The Kier molecular flexibility index (Phi) is 2.19. The number of fused-ring (bicyclic) bond motifs is 2. The molecule has 0 amide bonds. The molecular formula is C14H8ClNO3. The van der Waals surface area contributed by atoms with Crippen molar-refractivity contribution in [2.24, 2.45) is 0 Å². The highest BCUT2D eigenvalue weighted by atomic mass is 35.5. The van der Waals surface area contributed by atoms with Crippen molar-refractivity contribution in [1.29, 1.82) is 0 Å². The molecule has 0 bridgehead atoms. The summed E-state index contributed by atoms with van der Waals surface area (Å²) in [6.45, 7) is 0.235. The van der Waals surface area contributed by atoms with Crippen LogP contribution in [0.25, 0.3) is 22.6 Å². The first-order valence-corrected chi connectivity index (χ1v) is 6.14. The Morgan fingerprint density at radius 3 is 2.68 bits per heavy atom. The first-order valence-electron chi connectivity index (χ1n) is 5.76. The van der Waals surface area contributed by atoms with Crippen molar-refractivity contribution in [2.75, 3.05) is 6.79 Å². The van der Waals surface area contributed by atoms with E-state index in [0.717, 1.165) is 11.1 Å². The van der Waals surface area contributed by atoms with Crippen molar-refractivity contribution >= 4 is 22.7 Å². The van der Waals surface area contributed by atoms with Crippen LogP contribution in [0.1, 0.15) is 0 Å². The minimum absolute atomic E-state index is 0.235. The smallest absolute Gasteiger partial charge is 0.231 e. The van der Waals surface area contributed by atoms with Gasteiger partial charge in [0.2, 0.25) is 12.7 Å². The molecule has 19 heavy (non-hydrogen) atoms. The van der Waals surface area contributed by atoms with Crippen LogP contribution in [0.2, 0.25) is 5.02 Å². The van der Waals surface area contributed by atoms with E-state index in [1.165, 1.54) is 0 Å². The average Bonchev–Trinajstić information content (AvgIpc) is 3.01. The van der Waals surface area contributed by atoms with E-state index in [4.69, 9.17) is 25.5 Å². The Morgan fingerprint density at radius 2 is 1.84 bits per heavy atom. The molecule has 0 spiro atoms. The molecular weight excluding hydrogens is 266 g/mol. The highest BCUT2D eigenvalue weighted by Gasteiger charge is 2.18. The van der Waals surface area contributed by atoms with E-state index in [1.54, 1.807) is 12.1 Å². The quantitative estimate of drug-likeness (QED) is 0.675. The van der Waals surface area contributed by atoms with E-state index in [1.807, 2.05) is 24.3 Å². The predicted molar refractivity (Wildman–Crippen MR) is 70.6 cm³/mol. The summed E-state index contributed by atoms with van der Waals surface area (Å²) >= 11 is 6.14. The third-order valence-electron chi connectivity index (χ3n) is 2.99. The van der Waals surface area contributed by atoms with E-state index in [2.05, 4.69) is 4.98 Å². The van der Waals surface area contributed by atoms with Gasteiger partial charge in [-0.2, -0.15) is 0 Å². The fourth-order valence-corrected chi connectivity index (χ4v) is 2.28. The van der Waals surface area contributed by atoms with Crippen LogP contribution >= 0.6 is 11.6 Å². The topological polar surface area (TPSA) is 44.5 Å². The number of ether oxygens (including phenoxy) is 2. The van der Waals surface area contributed by atoms with Crippen LogP contribution in [0.4, 0.5) is 0 Å². The van der Waals surface area contributed by atoms with Crippen LogP contribution in [0.3, 0.4) is 0 Å². The molecule has 94 valence electrons. The van der Waals surface area contributed by atoms with Crippen molar-refractivity contribution in [2.45, 2.75) is 0 Å². The lowest BCUT2D eigenvalue weighted by Crippen LogP contribution is -1.92. The molecule has 0 saturated carbocycles. The lowest BCUT2D eigenvalue weighted by molar-refractivity contribution is 0.174. The summed E-state index contributed by atoms with van der Waals surface area (Å²) in [5, 5.41) is 0.606. The molecule has 1 aliphatic rings. The minimum atomic E-state index is 0.235. The van der Waals surface area contributed by atoms with E-state index in [-0.39, 0.29) is 6.79 Å². The second-order valence-corrected chi connectivity index (χ2v) is 4.58. The Labute approximate surface area is 113 Å². The Hall–Kier alpha value is -2.20. The fourth-order valence-electron chi connectivity index (χ4n) is 2.07. The summed E-state index contributed by atoms with van der Waals surface area (Å²) < 4.78 is 16.4. The SMILES string of the molecule is Clc1ccccc1-c1nc2cc3c(cc2o1)OCO3. The van der Waals surface area contributed by atoms with Crippen LogP contribution in [-0.4, -0.2) is 11.8 Å². The maximum absolute atomic E-state index is 6.14. The van der Waals surface area contributed by atoms with Gasteiger partial charge >= 0.3 is 0 Å². The van der Waals surface area contributed by atoms with Crippen molar-refractivity contribution in [3.05, 3.63) is 41.4 Å².